The van der Waals surface area contributed by atoms with Gasteiger partial charge < -0.3 is 14.6 Å². The molecule has 1 atom stereocenters. The van der Waals surface area contributed by atoms with E-state index in [1.54, 1.807) is 0 Å². The third kappa shape index (κ3) is 5.33. The maximum atomic E-state index is 5.83. The molecule has 1 N–H and O–H groups in total. The number of aromatic nitrogens is 2. The fourth-order valence-electron chi connectivity index (χ4n) is 1.64. The quantitative estimate of drug-likeness (QED) is 0.822. The van der Waals surface area contributed by atoms with E-state index in [1.165, 1.54) is 0 Å². The number of hydrogen-bond acceptors (Lipinski definition) is 3. The molecule has 0 saturated heterocycles. The summed E-state index contributed by atoms with van der Waals surface area (Å²) in [7, 11) is 2.02. The van der Waals surface area contributed by atoms with E-state index in [4.69, 9.17) is 4.74 Å². The molecule has 1 aromatic rings. The van der Waals surface area contributed by atoms with Crippen LogP contribution in [0.1, 0.15) is 33.5 Å². The Bertz CT molecular complexity index is 328. The summed E-state index contributed by atoms with van der Waals surface area (Å²) in [6, 6.07) is 0.320. The molecule has 0 aliphatic carbocycles. The number of hydrogen-bond donors (Lipinski definition) is 1. The van der Waals surface area contributed by atoms with Gasteiger partial charge in [0.15, 0.2) is 0 Å². The summed E-state index contributed by atoms with van der Waals surface area (Å²) in [5.41, 5.74) is -0.0880. The number of ether oxygens (including phenoxy) is 1. The molecule has 17 heavy (non-hydrogen) atoms. The van der Waals surface area contributed by atoms with E-state index >= 15 is 0 Å². The normalized spacial score (nSPS) is 13.9. The number of imidazole rings is 1. The standard InChI is InChI=1S/C13H25N3O/c1-6-14-11(10-17-13(2,3)4)9-12-15-7-8-16(12)5/h7-8,11,14H,6,9-10H2,1-5H3. The van der Waals surface area contributed by atoms with Gasteiger partial charge in [-0.25, -0.2) is 4.98 Å². The van der Waals surface area contributed by atoms with Gasteiger partial charge in [0.25, 0.3) is 0 Å². The number of likely N-dealkylation sites (N-methyl/N-ethyl adjacent to an activating group) is 1. The van der Waals surface area contributed by atoms with E-state index in [-0.39, 0.29) is 5.60 Å². The minimum Gasteiger partial charge on any atom is -0.374 e. The first-order valence-corrected chi connectivity index (χ1v) is 6.26. The molecule has 0 aliphatic rings. The molecule has 98 valence electrons. The van der Waals surface area contributed by atoms with Gasteiger partial charge in [-0.15, -0.1) is 0 Å². The summed E-state index contributed by atoms with van der Waals surface area (Å²) >= 11 is 0. The van der Waals surface area contributed by atoms with E-state index in [0.717, 1.165) is 18.8 Å². The van der Waals surface area contributed by atoms with Crippen molar-refractivity contribution >= 4 is 0 Å². The lowest BCUT2D eigenvalue weighted by Gasteiger charge is -2.24. The SMILES string of the molecule is CCNC(COC(C)(C)C)Cc1nccn1C. The highest BCUT2D eigenvalue weighted by molar-refractivity contribution is 4.94. The molecular formula is C13H25N3O. The predicted octanol–water partition coefficient (Wildman–Crippen LogP) is 1.76. The molecule has 1 unspecified atom stereocenters. The molecule has 0 aliphatic heterocycles. The van der Waals surface area contributed by atoms with Crippen molar-refractivity contribution in [1.82, 2.24) is 14.9 Å². The van der Waals surface area contributed by atoms with Crippen LogP contribution in [-0.2, 0) is 18.2 Å². The summed E-state index contributed by atoms with van der Waals surface area (Å²) in [4.78, 5) is 4.35. The number of nitrogens with zero attached hydrogens (tertiary/aromatic N) is 2. The highest BCUT2D eigenvalue weighted by atomic mass is 16.5. The lowest BCUT2D eigenvalue weighted by Crippen LogP contribution is -2.38. The fraction of sp³-hybridized carbons (Fsp3) is 0.769. The molecular weight excluding hydrogens is 214 g/mol. The Labute approximate surface area is 104 Å². The Hall–Kier alpha value is -0.870. The van der Waals surface area contributed by atoms with Gasteiger partial charge in [0.2, 0.25) is 0 Å². The molecule has 0 amide bonds. The highest BCUT2D eigenvalue weighted by Gasteiger charge is 2.16. The van der Waals surface area contributed by atoms with Crippen LogP contribution in [0.3, 0.4) is 0 Å². The maximum absolute atomic E-state index is 5.83. The molecule has 4 nitrogen and oxygen atoms in total. The summed E-state index contributed by atoms with van der Waals surface area (Å²) < 4.78 is 7.89. The third-order valence-electron chi connectivity index (χ3n) is 2.56. The second-order valence-corrected chi connectivity index (χ2v) is 5.34. The van der Waals surface area contributed by atoms with Crippen molar-refractivity contribution in [2.45, 2.75) is 45.8 Å². The van der Waals surface area contributed by atoms with Crippen LogP contribution < -0.4 is 5.32 Å². The first-order valence-electron chi connectivity index (χ1n) is 6.26. The monoisotopic (exact) mass is 239 g/mol. The molecule has 1 heterocycles. The van der Waals surface area contributed by atoms with Crippen LogP contribution in [0.5, 0.6) is 0 Å². The molecule has 4 heteroatoms. The zero-order valence-electron chi connectivity index (χ0n) is 11.7. The predicted molar refractivity (Wildman–Crippen MR) is 70.1 cm³/mol. The lowest BCUT2D eigenvalue weighted by atomic mass is 10.1. The summed E-state index contributed by atoms with van der Waals surface area (Å²) in [6.07, 6.45) is 4.71. The fourth-order valence-corrected chi connectivity index (χ4v) is 1.64. The van der Waals surface area contributed by atoms with Crippen molar-refractivity contribution in [2.75, 3.05) is 13.2 Å². The number of aryl methyl sites for hydroxylation is 1. The molecule has 0 saturated carbocycles. The second-order valence-electron chi connectivity index (χ2n) is 5.34. The zero-order valence-corrected chi connectivity index (χ0v) is 11.7. The van der Waals surface area contributed by atoms with Gasteiger partial charge in [-0.1, -0.05) is 6.92 Å². The van der Waals surface area contributed by atoms with Crippen LogP contribution in [0.15, 0.2) is 12.4 Å². The van der Waals surface area contributed by atoms with Crippen LogP contribution in [-0.4, -0.2) is 34.3 Å². The smallest absolute Gasteiger partial charge is 0.110 e. The van der Waals surface area contributed by atoms with Crippen LogP contribution in [0.4, 0.5) is 0 Å². The second kappa shape index (κ2) is 6.17. The van der Waals surface area contributed by atoms with Crippen LogP contribution in [0, 0.1) is 0 Å². The maximum Gasteiger partial charge on any atom is 0.110 e. The molecule has 1 rings (SSSR count). The van der Waals surface area contributed by atoms with Gasteiger partial charge in [-0.05, 0) is 27.3 Å². The van der Waals surface area contributed by atoms with Crippen LogP contribution in [0.2, 0.25) is 0 Å². The first-order chi connectivity index (χ1) is 7.92. The van der Waals surface area contributed by atoms with Crippen molar-refractivity contribution < 1.29 is 4.74 Å². The van der Waals surface area contributed by atoms with Crippen LogP contribution in [0.25, 0.3) is 0 Å². The third-order valence-corrected chi connectivity index (χ3v) is 2.56. The molecule has 0 bridgehead atoms. The van der Waals surface area contributed by atoms with Gasteiger partial charge in [-0.2, -0.15) is 0 Å². The van der Waals surface area contributed by atoms with Gasteiger partial charge in [0.05, 0.1) is 12.2 Å². The molecule has 0 radical (unpaired) electrons. The lowest BCUT2D eigenvalue weighted by molar-refractivity contribution is -0.0144. The highest BCUT2D eigenvalue weighted by Crippen LogP contribution is 2.09. The van der Waals surface area contributed by atoms with Gasteiger partial charge >= 0.3 is 0 Å². The van der Waals surface area contributed by atoms with Crippen molar-refractivity contribution in [3.8, 4) is 0 Å². The Morgan fingerprint density at radius 1 is 1.47 bits per heavy atom. The Morgan fingerprint density at radius 3 is 2.65 bits per heavy atom. The largest absolute Gasteiger partial charge is 0.374 e. The van der Waals surface area contributed by atoms with Crippen molar-refractivity contribution in [3.05, 3.63) is 18.2 Å². The van der Waals surface area contributed by atoms with E-state index in [9.17, 15) is 0 Å². The first kappa shape index (κ1) is 14.2. The van der Waals surface area contributed by atoms with Crippen molar-refractivity contribution in [3.63, 3.8) is 0 Å². The zero-order chi connectivity index (χ0) is 12.9. The van der Waals surface area contributed by atoms with Crippen LogP contribution >= 0.6 is 0 Å². The topological polar surface area (TPSA) is 39.1 Å². The van der Waals surface area contributed by atoms with E-state index < -0.39 is 0 Å². The van der Waals surface area contributed by atoms with Gasteiger partial charge in [0.1, 0.15) is 5.82 Å². The van der Waals surface area contributed by atoms with Crippen molar-refractivity contribution in [1.29, 1.82) is 0 Å². The van der Waals surface area contributed by atoms with Gasteiger partial charge in [0, 0.05) is 31.9 Å². The van der Waals surface area contributed by atoms with Gasteiger partial charge in [-0.3, -0.25) is 0 Å². The molecule has 1 aromatic heterocycles. The number of nitrogens with one attached hydrogen (secondary N) is 1. The number of rotatable bonds is 6. The summed E-state index contributed by atoms with van der Waals surface area (Å²) in [6.45, 7) is 10.0. The molecule has 0 aromatic carbocycles. The van der Waals surface area contributed by atoms with Crippen molar-refractivity contribution in [2.24, 2.45) is 7.05 Å². The minimum absolute atomic E-state index is 0.0880. The average molecular weight is 239 g/mol. The summed E-state index contributed by atoms with van der Waals surface area (Å²) in [5, 5.41) is 3.44. The van der Waals surface area contributed by atoms with E-state index in [0.29, 0.717) is 12.6 Å². The molecule has 0 spiro atoms. The Kier molecular flexibility index (Phi) is 5.15. The molecule has 0 fully saturated rings. The average Bonchev–Trinajstić information content (AvgIpc) is 2.60. The summed E-state index contributed by atoms with van der Waals surface area (Å²) in [5.74, 6) is 1.09. The minimum atomic E-state index is -0.0880. The Balaban J connectivity index is 2.51. The van der Waals surface area contributed by atoms with E-state index in [2.05, 4.69) is 42.6 Å². The Morgan fingerprint density at radius 2 is 2.18 bits per heavy atom. The van der Waals surface area contributed by atoms with E-state index in [1.807, 2.05) is 19.4 Å².